The number of hydrogen-bond acceptors (Lipinski definition) is 3. The maximum absolute atomic E-state index is 13.7. The molecule has 0 spiro atoms. The quantitative estimate of drug-likeness (QED) is 0.765. The number of benzene rings is 1. The maximum Gasteiger partial charge on any atom is 0.162 e. The molecule has 2 rings (SSSR count). The minimum atomic E-state index is -0.570. The van der Waals surface area contributed by atoms with Gasteiger partial charge in [-0.05, 0) is 48.8 Å². The Balaban J connectivity index is 2.17. The van der Waals surface area contributed by atoms with Gasteiger partial charge in [-0.15, -0.1) is 0 Å². The number of Topliss-reactive ketones (excluding diaryl/α,β-unsaturated/α-hetero) is 1. The Morgan fingerprint density at radius 1 is 1.48 bits per heavy atom. The van der Waals surface area contributed by atoms with Crippen LogP contribution in [0.2, 0.25) is 0 Å². The van der Waals surface area contributed by atoms with Gasteiger partial charge in [-0.25, -0.2) is 4.39 Å². The Hall–Kier alpha value is -1.69. The fourth-order valence-electron chi connectivity index (χ4n) is 2.03. The molecule has 0 saturated heterocycles. The summed E-state index contributed by atoms with van der Waals surface area (Å²) >= 11 is 3.48. The van der Waals surface area contributed by atoms with Crippen LogP contribution in [0.25, 0.3) is 0 Å². The van der Waals surface area contributed by atoms with Crippen molar-refractivity contribution in [3.63, 3.8) is 0 Å². The Bertz CT molecular complexity index is 683. The third kappa shape index (κ3) is 3.32. The first-order valence-electron chi connectivity index (χ1n) is 6.59. The summed E-state index contributed by atoms with van der Waals surface area (Å²) in [6.45, 7) is 6.22. The van der Waals surface area contributed by atoms with Crippen molar-refractivity contribution in [3.05, 3.63) is 45.4 Å². The van der Waals surface area contributed by atoms with E-state index in [9.17, 15) is 9.18 Å². The molecular weight excluding hydrogens is 339 g/mol. The molecule has 112 valence electrons. The molecule has 0 atom stereocenters. The van der Waals surface area contributed by atoms with Gasteiger partial charge in [0.2, 0.25) is 0 Å². The molecule has 1 aromatic heterocycles. The molecule has 2 aromatic rings. The molecule has 0 radical (unpaired) electrons. The largest absolute Gasteiger partial charge is 0.487 e. The standard InChI is InChI=1S/C15H16BrFN2O2/c1-4-19-14(15(16)9(2)18-19)8-21-11-5-6-12(10(3)20)13(17)7-11/h5-7H,4,8H2,1-3H3. The highest BCUT2D eigenvalue weighted by molar-refractivity contribution is 9.10. The molecule has 6 heteroatoms. The average Bonchev–Trinajstić information content (AvgIpc) is 2.71. The van der Waals surface area contributed by atoms with E-state index in [-0.39, 0.29) is 18.0 Å². The van der Waals surface area contributed by atoms with Crippen LogP contribution in [0.5, 0.6) is 5.75 Å². The molecule has 0 fully saturated rings. The van der Waals surface area contributed by atoms with Gasteiger partial charge in [0.05, 0.1) is 21.4 Å². The molecule has 1 aromatic carbocycles. The van der Waals surface area contributed by atoms with Crippen molar-refractivity contribution in [2.75, 3.05) is 0 Å². The van der Waals surface area contributed by atoms with Gasteiger partial charge in [0.15, 0.2) is 5.78 Å². The molecule has 0 aliphatic carbocycles. The monoisotopic (exact) mass is 354 g/mol. The minimum absolute atomic E-state index is 0.0676. The number of halogens is 2. The molecule has 0 aliphatic rings. The van der Waals surface area contributed by atoms with Gasteiger partial charge in [-0.2, -0.15) is 5.10 Å². The van der Waals surface area contributed by atoms with E-state index in [1.54, 1.807) is 6.07 Å². The SMILES string of the molecule is CCn1nc(C)c(Br)c1COc1ccc(C(C)=O)c(F)c1. The van der Waals surface area contributed by atoms with Crippen LogP contribution in [0.3, 0.4) is 0 Å². The lowest BCUT2D eigenvalue weighted by molar-refractivity contribution is 0.101. The summed E-state index contributed by atoms with van der Waals surface area (Å²) in [6, 6.07) is 4.25. The summed E-state index contributed by atoms with van der Waals surface area (Å²) in [4.78, 5) is 11.2. The zero-order valence-electron chi connectivity index (χ0n) is 12.1. The number of aromatic nitrogens is 2. The Kier molecular flexibility index (Phi) is 4.77. The summed E-state index contributed by atoms with van der Waals surface area (Å²) in [6.07, 6.45) is 0. The number of carbonyl (C=O) groups is 1. The van der Waals surface area contributed by atoms with E-state index in [0.29, 0.717) is 5.75 Å². The smallest absolute Gasteiger partial charge is 0.162 e. The highest BCUT2D eigenvalue weighted by atomic mass is 79.9. The summed E-state index contributed by atoms with van der Waals surface area (Å²) in [7, 11) is 0. The van der Waals surface area contributed by atoms with Crippen molar-refractivity contribution in [2.24, 2.45) is 0 Å². The highest BCUT2D eigenvalue weighted by Crippen LogP contribution is 2.24. The third-order valence-corrected chi connectivity index (χ3v) is 4.18. The fraction of sp³-hybridized carbons (Fsp3) is 0.333. The number of aryl methyl sites for hydroxylation is 2. The molecule has 0 amide bonds. The van der Waals surface area contributed by atoms with Crippen LogP contribution < -0.4 is 4.74 Å². The number of hydrogen-bond donors (Lipinski definition) is 0. The number of carbonyl (C=O) groups excluding carboxylic acids is 1. The first-order chi connectivity index (χ1) is 9.93. The lowest BCUT2D eigenvalue weighted by Crippen LogP contribution is -2.07. The van der Waals surface area contributed by atoms with Crippen molar-refractivity contribution in [1.29, 1.82) is 0 Å². The zero-order chi connectivity index (χ0) is 15.6. The summed E-state index contributed by atoms with van der Waals surface area (Å²) in [5.74, 6) is -0.494. The molecule has 1 heterocycles. The van der Waals surface area contributed by atoms with Crippen molar-refractivity contribution in [3.8, 4) is 5.75 Å². The van der Waals surface area contributed by atoms with Crippen LogP contribution in [0, 0.1) is 12.7 Å². The number of ether oxygens (including phenoxy) is 1. The zero-order valence-corrected chi connectivity index (χ0v) is 13.7. The minimum Gasteiger partial charge on any atom is -0.487 e. The van der Waals surface area contributed by atoms with E-state index in [1.807, 2.05) is 18.5 Å². The third-order valence-electron chi connectivity index (χ3n) is 3.15. The topological polar surface area (TPSA) is 44.1 Å². The van der Waals surface area contributed by atoms with Crippen LogP contribution in [0.4, 0.5) is 4.39 Å². The summed E-state index contributed by atoms with van der Waals surface area (Å²) < 4.78 is 22.1. The average molecular weight is 355 g/mol. The number of nitrogens with zero attached hydrogens (tertiary/aromatic N) is 2. The van der Waals surface area contributed by atoms with Crippen molar-refractivity contribution in [2.45, 2.75) is 33.9 Å². The van der Waals surface area contributed by atoms with Crippen LogP contribution in [-0.2, 0) is 13.2 Å². The Morgan fingerprint density at radius 3 is 2.76 bits per heavy atom. The second-order valence-electron chi connectivity index (χ2n) is 4.65. The van der Waals surface area contributed by atoms with Gasteiger partial charge in [0.1, 0.15) is 18.2 Å². The lowest BCUT2D eigenvalue weighted by atomic mass is 10.1. The van der Waals surface area contributed by atoms with E-state index < -0.39 is 5.82 Å². The van der Waals surface area contributed by atoms with Crippen LogP contribution in [-0.4, -0.2) is 15.6 Å². The second kappa shape index (κ2) is 6.39. The molecular formula is C15H16BrFN2O2. The second-order valence-corrected chi connectivity index (χ2v) is 5.44. The van der Waals surface area contributed by atoms with Crippen LogP contribution >= 0.6 is 15.9 Å². The first-order valence-corrected chi connectivity index (χ1v) is 7.38. The van der Waals surface area contributed by atoms with Gasteiger partial charge in [-0.1, -0.05) is 0 Å². The maximum atomic E-state index is 13.7. The van der Waals surface area contributed by atoms with E-state index in [2.05, 4.69) is 21.0 Å². The van der Waals surface area contributed by atoms with Gasteiger partial charge in [0.25, 0.3) is 0 Å². The van der Waals surface area contributed by atoms with Crippen molar-refractivity contribution in [1.82, 2.24) is 9.78 Å². The van der Waals surface area contributed by atoms with Gasteiger partial charge >= 0.3 is 0 Å². The van der Waals surface area contributed by atoms with E-state index in [4.69, 9.17) is 4.74 Å². The van der Waals surface area contributed by atoms with Crippen LogP contribution in [0.15, 0.2) is 22.7 Å². The molecule has 0 saturated carbocycles. The molecule has 0 bridgehead atoms. The Morgan fingerprint density at radius 2 is 2.19 bits per heavy atom. The summed E-state index contributed by atoms with van der Waals surface area (Å²) in [5, 5.41) is 4.37. The molecule has 0 unspecified atom stereocenters. The Labute approximate surface area is 131 Å². The number of rotatable bonds is 5. The normalized spacial score (nSPS) is 10.7. The molecule has 4 nitrogen and oxygen atoms in total. The van der Waals surface area contributed by atoms with E-state index >= 15 is 0 Å². The van der Waals surface area contributed by atoms with Gasteiger partial charge < -0.3 is 4.74 Å². The van der Waals surface area contributed by atoms with Crippen LogP contribution in [0.1, 0.15) is 35.6 Å². The first kappa shape index (κ1) is 15.7. The molecule has 0 N–H and O–H groups in total. The molecule has 0 aliphatic heterocycles. The van der Waals surface area contributed by atoms with Gasteiger partial charge in [0, 0.05) is 12.6 Å². The predicted molar refractivity (Wildman–Crippen MR) is 81.1 cm³/mol. The van der Waals surface area contributed by atoms with Crippen molar-refractivity contribution < 1.29 is 13.9 Å². The summed E-state index contributed by atoms with van der Waals surface area (Å²) in [5.41, 5.74) is 1.84. The lowest BCUT2D eigenvalue weighted by Gasteiger charge is -2.09. The van der Waals surface area contributed by atoms with E-state index in [1.165, 1.54) is 19.1 Å². The predicted octanol–water partition coefficient (Wildman–Crippen LogP) is 3.89. The van der Waals surface area contributed by atoms with Gasteiger partial charge in [-0.3, -0.25) is 9.48 Å². The molecule has 21 heavy (non-hydrogen) atoms. The van der Waals surface area contributed by atoms with Crippen molar-refractivity contribution >= 4 is 21.7 Å². The fourth-order valence-corrected chi connectivity index (χ4v) is 2.43. The highest BCUT2D eigenvalue weighted by Gasteiger charge is 2.13. The van der Waals surface area contributed by atoms with E-state index in [0.717, 1.165) is 22.4 Å². The number of ketones is 1.